The van der Waals surface area contributed by atoms with Gasteiger partial charge in [-0.05, 0) is 27.2 Å². The van der Waals surface area contributed by atoms with Crippen LogP contribution in [-0.4, -0.2) is 18.2 Å². The number of alkyl carbamates (subject to hydrolysis) is 1. The van der Waals surface area contributed by atoms with Crippen molar-refractivity contribution >= 4 is 6.09 Å². The predicted molar refractivity (Wildman–Crippen MR) is 47.3 cm³/mol. The van der Waals surface area contributed by atoms with E-state index >= 15 is 0 Å². The maximum absolute atomic E-state index is 10.9. The lowest BCUT2D eigenvalue weighted by Gasteiger charge is -2.19. The lowest BCUT2D eigenvalue weighted by Crippen LogP contribution is -2.33. The van der Waals surface area contributed by atoms with Gasteiger partial charge in [0.25, 0.3) is 0 Å². The maximum atomic E-state index is 10.9. The molecule has 0 spiro atoms. The van der Waals surface area contributed by atoms with Crippen molar-refractivity contribution in [2.24, 2.45) is 5.73 Å². The highest BCUT2D eigenvalue weighted by Gasteiger charge is 2.14. The van der Waals surface area contributed by atoms with Crippen LogP contribution in [0.15, 0.2) is 0 Å². The molecule has 0 heterocycles. The topological polar surface area (TPSA) is 64.3 Å². The van der Waals surface area contributed by atoms with Gasteiger partial charge in [-0.1, -0.05) is 0 Å². The van der Waals surface area contributed by atoms with Crippen LogP contribution in [0.4, 0.5) is 4.79 Å². The molecular formula is C8H17N2O2. The lowest BCUT2D eigenvalue weighted by atomic mass is 10.2. The first-order chi connectivity index (χ1) is 5.45. The molecule has 0 aliphatic carbocycles. The van der Waals surface area contributed by atoms with Crippen molar-refractivity contribution in [3.05, 3.63) is 6.54 Å². The van der Waals surface area contributed by atoms with E-state index in [9.17, 15) is 4.79 Å². The Morgan fingerprint density at radius 1 is 1.58 bits per heavy atom. The fourth-order valence-corrected chi connectivity index (χ4v) is 0.572. The molecule has 71 valence electrons. The Morgan fingerprint density at radius 2 is 2.17 bits per heavy atom. The van der Waals surface area contributed by atoms with Gasteiger partial charge < -0.3 is 15.8 Å². The number of nitrogens with two attached hydrogens (primary N) is 1. The van der Waals surface area contributed by atoms with Gasteiger partial charge >= 0.3 is 6.09 Å². The molecular weight excluding hydrogens is 156 g/mol. The van der Waals surface area contributed by atoms with Crippen molar-refractivity contribution in [3.8, 4) is 0 Å². The minimum Gasteiger partial charge on any atom is -0.444 e. The molecule has 0 rings (SSSR count). The molecule has 0 aliphatic rings. The number of amides is 1. The quantitative estimate of drug-likeness (QED) is 0.626. The number of nitrogens with one attached hydrogen (secondary N) is 1. The Bertz CT molecular complexity index is 140. The van der Waals surface area contributed by atoms with Gasteiger partial charge in [0.1, 0.15) is 5.60 Å². The second-order valence-corrected chi connectivity index (χ2v) is 3.45. The summed E-state index contributed by atoms with van der Waals surface area (Å²) in [6.07, 6.45) is 0.253. The van der Waals surface area contributed by atoms with Gasteiger partial charge in [-0.2, -0.15) is 0 Å². The highest BCUT2D eigenvalue weighted by molar-refractivity contribution is 5.67. The third-order valence-corrected chi connectivity index (χ3v) is 0.979. The molecule has 0 aromatic rings. The average Bonchev–Trinajstić information content (AvgIpc) is 1.84. The van der Waals surface area contributed by atoms with Crippen LogP contribution in [0.3, 0.4) is 0 Å². The van der Waals surface area contributed by atoms with Crippen LogP contribution in [0.1, 0.15) is 27.2 Å². The molecule has 0 unspecified atom stereocenters. The van der Waals surface area contributed by atoms with E-state index in [0.717, 1.165) is 0 Å². The molecule has 0 saturated carbocycles. The molecule has 1 radical (unpaired) electrons. The zero-order valence-corrected chi connectivity index (χ0v) is 7.89. The third kappa shape index (κ3) is 7.34. The van der Waals surface area contributed by atoms with Crippen molar-refractivity contribution in [3.63, 3.8) is 0 Å². The van der Waals surface area contributed by atoms with Crippen molar-refractivity contribution in [1.82, 2.24) is 5.32 Å². The Labute approximate surface area is 73.5 Å². The van der Waals surface area contributed by atoms with Crippen LogP contribution in [0, 0.1) is 6.54 Å². The van der Waals surface area contributed by atoms with E-state index in [0.29, 0.717) is 13.0 Å². The Kier molecular flexibility index (Phi) is 4.66. The summed E-state index contributed by atoms with van der Waals surface area (Å²) in [4.78, 5) is 10.9. The summed E-state index contributed by atoms with van der Waals surface area (Å²) in [5, 5.41) is 2.57. The van der Waals surface area contributed by atoms with E-state index in [1.807, 2.05) is 20.8 Å². The zero-order valence-electron chi connectivity index (χ0n) is 7.89. The fraction of sp³-hybridized carbons (Fsp3) is 0.750. The molecule has 0 atom stereocenters. The number of hydrogen-bond donors (Lipinski definition) is 2. The van der Waals surface area contributed by atoms with Crippen molar-refractivity contribution in [1.29, 1.82) is 0 Å². The average molecular weight is 173 g/mol. The van der Waals surface area contributed by atoms with Gasteiger partial charge in [-0.15, -0.1) is 0 Å². The smallest absolute Gasteiger partial charge is 0.407 e. The fourth-order valence-electron chi connectivity index (χ4n) is 0.572. The van der Waals surface area contributed by atoms with Gasteiger partial charge in [0.2, 0.25) is 0 Å². The largest absolute Gasteiger partial charge is 0.444 e. The molecule has 0 bridgehead atoms. The van der Waals surface area contributed by atoms with Crippen LogP contribution in [-0.2, 0) is 4.74 Å². The molecule has 3 N–H and O–H groups in total. The minimum atomic E-state index is -0.434. The molecule has 4 nitrogen and oxygen atoms in total. The first kappa shape index (κ1) is 11.2. The summed E-state index contributed by atoms with van der Waals surface area (Å²) in [6.45, 7) is 7.48. The summed E-state index contributed by atoms with van der Waals surface area (Å²) in [6, 6.07) is 0. The van der Waals surface area contributed by atoms with Gasteiger partial charge in [0.15, 0.2) is 0 Å². The van der Waals surface area contributed by atoms with Crippen LogP contribution in [0.25, 0.3) is 0 Å². The van der Waals surface area contributed by atoms with E-state index in [1.54, 1.807) is 0 Å². The predicted octanol–water partition coefficient (Wildman–Crippen LogP) is 1.02. The second-order valence-electron chi connectivity index (χ2n) is 3.45. The molecule has 0 fully saturated rings. The van der Waals surface area contributed by atoms with E-state index in [4.69, 9.17) is 10.5 Å². The molecule has 0 saturated heterocycles. The zero-order chi connectivity index (χ0) is 9.61. The standard InChI is InChI=1S/C8H17N2O2/c1-8(2,3)12-7(11)10-6-4-5-9/h5H,4,6,9H2,1-3H3,(H,10,11). The van der Waals surface area contributed by atoms with Gasteiger partial charge in [-0.3, -0.25) is 0 Å². The van der Waals surface area contributed by atoms with Crippen LogP contribution in [0.5, 0.6) is 0 Å². The van der Waals surface area contributed by atoms with Crippen LogP contribution >= 0.6 is 0 Å². The molecule has 1 amide bonds. The number of ether oxygens (including phenoxy) is 1. The van der Waals surface area contributed by atoms with Crippen LogP contribution < -0.4 is 11.1 Å². The Balaban J connectivity index is 3.47. The van der Waals surface area contributed by atoms with Crippen LogP contribution in [0.2, 0.25) is 0 Å². The second kappa shape index (κ2) is 4.98. The summed E-state index contributed by atoms with van der Waals surface area (Å²) >= 11 is 0. The van der Waals surface area contributed by atoms with E-state index < -0.39 is 11.7 Å². The van der Waals surface area contributed by atoms with Gasteiger partial charge in [0, 0.05) is 13.1 Å². The number of hydrogen-bond acceptors (Lipinski definition) is 3. The minimum absolute atomic E-state index is 0.399. The monoisotopic (exact) mass is 173 g/mol. The number of carbonyl (C=O) groups excluding carboxylic acids is 1. The first-order valence-electron chi connectivity index (χ1n) is 3.96. The highest BCUT2D eigenvalue weighted by atomic mass is 16.6. The van der Waals surface area contributed by atoms with E-state index in [2.05, 4.69) is 5.32 Å². The van der Waals surface area contributed by atoms with Gasteiger partial charge in [0.05, 0.1) is 0 Å². The molecule has 0 aromatic heterocycles. The van der Waals surface area contributed by atoms with E-state index in [-0.39, 0.29) is 0 Å². The molecule has 0 aromatic carbocycles. The van der Waals surface area contributed by atoms with Crippen molar-refractivity contribution < 1.29 is 9.53 Å². The number of rotatable bonds is 3. The van der Waals surface area contributed by atoms with Crippen molar-refractivity contribution in [2.45, 2.75) is 32.8 Å². The summed E-state index contributed by atoms with van der Waals surface area (Å²) in [5.74, 6) is 0. The molecule has 4 heteroatoms. The molecule has 0 aliphatic heterocycles. The summed E-state index contributed by atoms with van der Waals surface area (Å²) in [5.41, 5.74) is 4.69. The SMILES string of the molecule is CC(C)(C)OC(=O)NCC[CH]N. The van der Waals surface area contributed by atoms with Gasteiger partial charge in [-0.25, -0.2) is 4.79 Å². The summed E-state index contributed by atoms with van der Waals surface area (Å²) in [7, 11) is 0. The molecule has 12 heavy (non-hydrogen) atoms. The van der Waals surface area contributed by atoms with E-state index in [1.165, 1.54) is 6.54 Å². The maximum Gasteiger partial charge on any atom is 0.407 e. The Morgan fingerprint density at radius 3 is 2.58 bits per heavy atom. The lowest BCUT2D eigenvalue weighted by molar-refractivity contribution is 0.0528. The third-order valence-electron chi connectivity index (χ3n) is 0.979. The number of carbonyl (C=O) groups is 1. The first-order valence-corrected chi connectivity index (χ1v) is 3.96. The van der Waals surface area contributed by atoms with Crippen molar-refractivity contribution in [2.75, 3.05) is 6.54 Å². The summed E-state index contributed by atoms with van der Waals surface area (Å²) < 4.78 is 4.98. The highest BCUT2D eigenvalue weighted by Crippen LogP contribution is 2.06. The normalized spacial score (nSPS) is 11.0. The Hall–Kier alpha value is -0.770.